The Bertz CT molecular complexity index is 397. The molecule has 1 aromatic rings. The van der Waals surface area contributed by atoms with Crippen molar-refractivity contribution in [1.82, 2.24) is 0 Å². The number of anilines is 1. The Kier molecular flexibility index (Phi) is 3.62. The van der Waals surface area contributed by atoms with Gasteiger partial charge in [0, 0.05) is 17.1 Å². The number of hydrogen-bond acceptors (Lipinski definition) is 1. The van der Waals surface area contributed by atoms with Crippen LogP contribution in [0.2, 0.25) is 5.02 Å². The number of allylic oxidation sites excluding steroid dienone is 2. The monoisotopic (exact) mass is 235 g/mol. The van der Waals surface area contributed by atoms with Gasteiger partial charge in [-0.2, -0.15) is 0 Å². The summed E-state index contributed by atoms with van der Waals surface area (Å²) in [7, 11) is 0. The van der Waals surface area contributed by atoms with Crippen molar-refractivity contribution in [3.05, 3.63) is 41.4 Å². The molecule has 2 rings (SSSR count). The van der Waals surface area contributed by atoms with Crippen LogP contribution in [0, 0.1) is 5.92 Å². The molecule has 1 atom stereocenters. The van der Waals surface area contributed by atoms with Crippen LogP contribution >= 0.6 is 11.6 Å². The summed E-state index contributed by atoms with van der Waals surface area (Å²) >= 11 is 5.76. The predicted octanol–water partition coefficient (Wildman–Crippen LogP) is 3.63. The fraction of sp³-hybridized carbons (Fsp3) is 0.308. The van der Waals surface area contributed by atoms with Gasteiger partial charge in [0.25, 0.3) is 0 Å². The van der Waals surface area contributed by atoms with Crippen LogP contribution in [0.3, 0.4) is 0 Å². The van der Waals surface area contributed by atoms with E-state index in [0.29, 0.717) is 17.4 Å². The number of benzene rings is 1. The van der Waals surface area contributed by atoms with Crippen LogP contribution in [0.15, 0.2) is 36.4 Å². The van der Waals surface area contributed by atoms with Gasteiger partial charge in [0.05, 0.1) is 0 Å². The maximum atomic E-state index is 11.7. The number of hydrogen-bond donors (Lipinski definition) is 1. The lowest BCUT2D eigenvalue weighted by atomic mass is 10.1. The SMILES string of the molecule is O=C(CC1C=CCC1)Nc1ccc(Cl)cc1. The van der Waals surface area contributed by atoms with Gasteiger partial charge in [-0.1, -0.05) is 23.8 Å². The molecule has 1 aromatic carbocycles. The summed E-state index contributed by atoms with van der Waals surface area (Å²) in [5.74, 6) is 0.478. The average molecular weight is 236 g/mol. The minimum Gasteiger partial charge on any atom is -0.326 e. The van der Waals surface area contributed by atoms with E-state index in [1.165, 1.54) is 0 Å². The Labute approximate surface area is 100 Å². The molecule has 0 spiro atoms. The van der Waals surface area contributed by atoms with E-state index < -0.39 is 0 Å². The fourth-order valence-corrected chi connectivity index (χ4v) is 1.97. The molecule has 0 bridgehead atoms. The van der Waals surface area contributed by atoms with Gasteiger partial charge in [-0.05, 0) is 43.0 Å². The minimum atomic E-state index is 0.0684. The predicted molar refractivity (Wildman–Crippen MR) is 66.6 cm³/mol. The van der Waals surface area contributed by atoms with Gasteiger partial charge in [0.15, 0.2) is 0 Å². The van der Waals surface area contributed by atoms with Gasteiger partial charge in [-0.25, -0.2) is 0 Å². The van der Waals surface area contributed by atoms with Crippen molar-refractivity contribution >= 4 is 23.2 Å². The highest BCUT2D eigenvalue weighted by atomic mass is 35.5. The summed E-state index contributed by atoms with van der Waals surface area (Å²) < 4.78 is 0. The number of carbonyl (C=O) groups is 1. The summed E-state index contributed by atoms with van der Waals surface area (Å²) in [6, 6.07) is 7.16. The summed E-state index contributed by atoms with van der Waals surface area (Å²) in [4.78, 5) is 11.7. The molecule has 0 saturated carbocycles. The molecule has 1 unspecified atom stereocenters. The third-order valence-corrected chi connectivity index (χ3v) is 2.94. The van der Waals surface area contributed by atoms with Crippen molar-refractivity contribution in [2.45, 2.75) is 19.3 Å². The van der Waals surface area contributed by atoms with E-state index in [4.69, 9.17) is 11.6 Å². The van der Waals surface area contributed by atoms with E-state index in [2.05, 4.69) is 17.5 Å². The highest BCUT2D eigenvalue weighted by Crippen LogP contribution is 2.21. The molecule has 0 saturated heterocycles. The molecule has 0 heterocycles. The molecule has 1 N–H and O–H groups in total. The molecular formula is C13H14ClNO. The second-order valence-electron chi connectivity index (χ2n) is 4.02. The van der Waals surface area contributed by atoms with Crippen LogP contribution in [0.25, 0.3) is 0 Å². The van der Waals surface area contributed by atoms with Gasteiger partial charge in [0.2, 0.25) is 5.91 Å². The number of nitrogens with one attached hydrogen (secondary N) is 1. The van der Waals surface area contributed by atoms with Gasteiger partial charge >= 0.3 is 0 Å². The zero-order chi connectivity index (χ0) is 11.4. The highest BCUT2D eigenvalue weighted by Gasteiger charge is 2.13. The fourth-order valence-electron chi connectivity index (χ4n) is 1.85. The minimum absolute atomic E-state index is 0.0684. The summed E-state index contributed by atoms with van der Waals surface area (Å²) in [5.41, 5.74) is 0.802. The Balaban J connectivity index is 1.86. The first kappa shape index (κ1) is 11.2. The second-order valence-corrected chi connectivity index (χ2v) is 4.46. The van der Waals surface area contributed by atoms with Crippen molar-refractivity contribution in [1.29, 1.82) is 0 Å². The maximum Gasteiger partial charge on any atom is 0.224 e. The summed E-state index contributed by atoms with van der Waals surface area (Å²) in [6.45, 7) is 0. The van der Waals surface area contributed by atoms with E-state index in [0.717, 1.165) is 18.5 Å². The van der Waals surface area contributed by atoms with Crippen LogP contribution in [-0.2, 0) is 4.79 Å². The molecule has 84 valence electrons. The van der Waals surface area contributed by atoms with Crippen LogP contribution < -0.4 is 5.32 Å². The Morgan fingerprint density at radius 2 is 2.12 bits per heavy atom. The Hall–Kier alpha value is -1.28. The quantitative estimate of drug-likeness (QED) is 0.797. The first-order valence-electron chi connectivity index (χ1n) is 5.46. The number of amides is 1. The van der Waals surface area contributed by atoms with E-state index >= 15 is 0 Å². The molecule has 2 nitrogen and oxygen atoms in total. The molecule has 1 aliphatic rings. The van der Waals surface area contributed by atoms with E-state index in [1.807, 2.05) is 12.1 Å². The third-order valence-electron chi connectivity index (χ3n) is 2.69. The van der Waals surface area contributed by atoms with E-state index in [1.54, 1.807) is 12.1 Å². The van der Waals surface area contributed by atoms with Crippen molar-refractivity contribution in [3.63, 3.8) is 0 Å². The van der Waals surface area contributed by atoms with Crippen molar-refractivity contribution in [2.75, 3.05) is 5.32 Å². The zero-order valence-corrected chi connectivity index (χ0v) is 9.70. The van der Waals surface area contributed by atoms with Gasteiger partial charge in [-0.3, -0.25) is 4.79 Å². The topological polar surface area (TPSA) is 29.1 Å². The Morgan fingerprint density at radius 1 is 1.38 bits per heavy atom. The molecule has 0 aliphatic heterocycles. The lowest BCUT2D eigenvalue weighted by Gasteiger charge is -2.08. The van der Waals surface area contributed by atoms with Gasteiger partial charge in [-0.15, -0.1) is 0 Å². The maximum absolute atomic E-state index is 11.7. The number of rotatable bonds is 3. The lowest BCUT2D eigenvalue weighted by molar-refractivity contribution is -0.116. The molecule has 0 radical (unpaired) electrons. The van der Waals surface area contributed by atoms with Crippen LogP contribution in [0.5, 0.6) is 0 Å². The number of carbonyl (C=O) groups excluding carboxylic acids is 1. The standard InChI is InChI=1S/C13H14ClNO/c14-11-5-7-12(8-6-11)15-13(16)9-10-3-1-2-4-10/h1,3,5-8,10H,2,4,9H2,(H,15,16). The highest BCUT2D eigenvalue weighted by molar-refractivity contribution is 6.30. The molecule has 1 amide bonds. The van der Waals surface area contributed by atoms with Gasteiger partial charge in [0.1, 0.15) is 0 Å². The van der Waals surface area contributed by atoms with E-state index in [-0.39, 0.29) is 5.91 Å². The van der Waals surface area contributed by atoms with Crippen LogP contribution in [0.1, 0.15) is 19.3 Å². The van der Waals surface area contributed by atoms with Crippen molar-refractivity contribution < 1.29 is 4.79 Å². The first-order chi connectivity index (χ1) is 7.74. The molecule has 0 aromatic heterocycles. The largest absolute Gasteiger partial charge is 0.326 e. The molecule has 1 aliphatic carbocycles. The molecule has 0 fully saturated rings. The lowest BCUT2D eigenvalue weighted by Crippen LogP contribution is -2.14. The smallest absolute Gasteiger partial charge is 0.224 e. The summed E-state index contributed by atoms with van der Waals surface area (Å²) in [5, 5.41) is 3.54. The summed E-state index contributed by atoms with van der Waals surface area (Å²) in [6.07, 6.45) is 7.02. The van der Waals surface area contributed by atoms with Crippen molar-refractivity contribution in [3.8, 4) is 0 Å². The molecule has 3 heteroatoms. The molecule has 16 heavy (non-hydrogen) atoms. The number of halogens is 1. The average Bonchev–Trinajstić information content (AvgIpc) is 2.74. The van der Waals surface area contributed by atoms with Gasteiger partial charge < -0.3 is 5.32 Å². The van der Waals surface area contributed by atoms with Crippen LogP contribution in [0.4, 0.5) is 5.69 Å². The first-order valence-corrected chi connectivity index (χ1v) is 5.84. The van der Waals surface area contributed by atoms with Crippen LogP contribution in [-0.4, -0.2) is 5.91 Å². The van der Waals surface area contributed by atoms with E-state index in [9.17, 15) is 4.79 Å². The van der Waals surface area contributed by atoms with Crippen molar-refractivity contribution in [2.24, 2.45) is 5.92 Å². The molecular weight excluding hydrogens is 222 g/mol. The second kappa shape index (κ2) is 5.17. The Morgan fingerprint density at radius 3 is 2.75 bits per heavy atom. The normalized spacial score (nSPS) is 18.7. The third kappa shape index (κ3) is 3.11. The zero-order valence-electron chi connectivity index (χ0n) is 8.95.